The number of β-lactam (4-membered cyclic amide) rings is 1. The van der Waals surface area contributed by atoms with E-state index in [2.05, 4.69) is 15.6 Å². The highest BCUT2D eigenvalue weighted by Gasteiger charge is 2.56. The zero-order valence-electron chi connectivity index (χ0n) is 16.8. The Morgan fingerprint density at radius 1 is 1.23 bits per heavy atom. The number of rotatable bonds is 7. The average molecular weight is 422 g/mol. The Balaban J connectivity index is 1.44. The number of hydrogen-bond donors (Lipinski definition) is 4. The number of aliphatic hydroxyl groups is 1. The molecule has 2 aromatic rings. The maximum absolute atomic E-state index is 12.3. The lowest BCUT2D eigenvalue weighted by Crippen LogP contribution is -2.61. The number of aromatic nitrogens is 1. The normalized spacial score (nSPS) is 20.7. The molecule has 9 heteroatoms. The molecule has 0 radical (unpaired) electrons. The number of nitrogens with one attached hydrogen (secondary N) is 2. The number of carboxylic acids is 1. The first kappa shape index (κ1) is 20.5. The first-order valence-electron chi connectivity index (χ1n) is 9.88. The second-order valence-electron chi connectivity index (χ2n) is 7.60. The Hall–Kier alpha value is -3.72. The van der Waals surface area contributed by atoms with Crippen LogP contribution < -0.4 is 10.6 Å². The van der Waals surface area contributed by atoms with Crippen LogP contribution in [0.3, 0.4) is 0 Å². The fraction of sp³-hybridized carbons (Fsp3) is 0.273. The van der Waals surface area contributed by atoms with Gasteiger partial charge < -0.3 is 25.7 Å². The van der Waals surface area contributed by atoms with E-state index in [0.29, 0.717) is 28.9 Å². The van der Waals surface area contributed by atoms with E-state index in [1.54, 1.807) is 55.7 Å². The van der Waals surface area contributed by atoms with E-state index in [1.807, 2.05) is 0 Å². The molecule has 2 aliphatic heterocycles. The van der Waals surface area contributed by atoms with Crippen LogP contribution >= 0.6 is 0 Å². The van der Waals surface area contributed by atoms with E-state index in [9.17, 15) is 24.6 Å². The van der Waals surface area contributed by atoms with Gasteiger partial charge in [-0.05, 0) is 48.7 Å². The van der Waals surface area contributed by atoms with E-state index >= 15 is 0 Å². The molecule has 1 aromatic carbocycles. The molecule has 4 N–H and O–H groups in total. The summed E-state index contributed by atoms with van der Waals surface area (Å²) in [5.74, 6) is -2.32. The molecule has 0 spiro atoms. The van der Waals surface area contributed by atoms with Crippen molar-refractivity contribution in [2.24, 2.45) is 5.92 Å². The molecular formula is C22H22N4O5. The Bertz CT molecular complexity index is 1050. The van der Waals surface area contributed by atoms with Crippen molar-refractivity contribution in [1.29, 1.82) is 0 Å². The molecule has 4 rings (SSSR count). The topological polar surface area (TPSA) is 132 Å². The van der Waals surface area contributed by atoms with Gasteiger partial charge in [-0.3, -0.25) is 14.6 Å². The van der Waals surface area contributed by atoms with Crippen molar-refractivity contribution in [3.05, 3.63) is 60.1 Å². The molecule has 3 atom stereocenters. The SMILES string of the molecule is C[C@@H](O)[C@H]1C(=O)N2C(C(=O)O)=C(c3ccc(NCC(=O)Nc4cccnc4)cc3)C[C@H]12. The number of anilines is 2. The maximum atomic E-state index is 12.3. The summed E-state index contributed by atoms with van der Waals surface area (Å²) in [6.45, 7) is 1.60. The molecule has 2 aliphatic rings. The Labute approximate surface area is 178 Å². The van der Waals surface area contributed by atoms with Crippen LogP contribution in [0.15, 0.2) is 54.5 Å². The van der Waals surface area contributed by atoms with Gasteiger partial charge in [0.2, 0.25) is 11.8 Å². The number of carboxylic acid groups (broad SMARTS) is 1. The third-order valence-electron chi connectivity index (χ3n) is 5.56. The van der Waals surface area contributed by atoms with Crippen LogP contribution in [0.25, 0.3) is 5.57 Å². The number of amides is 2. The number of fused-ring (bicyclic) bond motifs is 1. The quantitative estimate of drug-likeness (QED) is 0.498. The first-order valence-corrected chi connectivity index (χ1v) is 9.88. The molecule has 3 heterocycles. The predicted octanol–water partition coefficient (Wildman–Crippen LogP) is 1.54. The lowest BCUT2D eigenvalue weighted by molar-refractivity contribution is -0.161. The van der Waals surface area contributed by atoms with Crippen molar-refractivity contribution < 1.29 is 24.6 Å². The molecule has 160 valence electrons. The summed E-state index contributed by atoms with van der Waals surface area (Å²) >= 11 is 0. The number of aliphatic hydroxyl groups excluding tert-OH is 1. The van der Waals surface area contributed by atoms with Crippen LogP contribution in [0.2, 0.25) is 0 Å². The van der Waals surface area contributed by atoms with Gasteiger partial charge in [0.05, 0.1) is 36.5 Å². The first-order chi connectivity index (χ1) is 14.9. The van der Waals surface area contributed by atoms with Gasteiger partial charge in [-0.2, -0.15) is 0 Å². The Kier molecular flexibility index (Phi) is 5.43. The fourth-order valence-corrected chi connectivity index (χ4v) is 4.14. The Morgan fingerprint density at radius 3 is 2.58 bits per heavy atom. The summed E-state index contributed by atoms with van der Waals surface area (Å²) in [4.78, 5) is 41.4. The summed E-state index contributed by atoms with van der Waals surface area (Å²) in [6, 6.07) is 10.2. The minimum Gasteiger partial charge on any atom is -0.477 e. The number of aliphatic carboxylic acids is 1. The van der Waals surface area contributed by atoms with Crippen LogP contribution in [0, 0.1) is 5.92 Å². The van der Waals surface area contributed by atoms with Crippen molar-refractivity contribution in [1.82, 2.24) is 9.88 Å². The molecule has 9 nitrogen and oxygen atoms in total. The molecule has 1 saturated heterocycles. The average Bonchev–Trinajstić information content (AvgIpc) is 3.08. The van der Waals surface area contributed by atoms with Gasteiger partial charge in [-0.1, -0.05) is 12.1 Å². The van der Waals surface area contributed by atoms with E-state index < -0.39 is 18.0 Å². The van der Waals surface area contributed by atoms with Gasteiger partial charge in [0.15, 0.2) is 0 Å². The van der Waals surface area contributed by atoms with Crippen molar-refractivity contribution in [2.75, 3.05) is 17.2 Å². The maximum Gasteiger partial charge on any atom is 0.352 e. The highest BCUT2D eigenvalue weighted by molar-refractivity contribution is 6.06. The van der Waals surface area contributed by atoms with Crippen molar-refractivity contribution in [3.8, 4) is 0 Å². The monoisotopic (exact) mass is 422 g/mol. The minimum atomic E-state index is -1.16. The number of pyridine rings is 1. The minimum absolute atomic E-state index is 0.0246. The highest BCUT2D eigenvalue weighted by Crippen LogP contribution is 2.46. The molecule has 2 amide bonds. The second-order valence-corrected chi connectivity index (χ2v) is 7.60. The zero-order chi connectivity index (χ0) is 22.1. The Morgan fingerprint density at radius 2 is 1.97 bits per heavy atom. The molecule has 0 unspecified atom stereocenters. The molecule has 0 bridgehead atoms. The van der Waals surface area contributed by atoms with Crippen LogP contribution in [0.4, 0.5) is 11.4 Å². The predicted molar refractivity (Wildman–Crippen MR) is 113 cm³/mol. The standard InChI is InChI=1S/C22H22N4O5/c1-12(27)19-17-9-16(20(22(30)31)26(17)21(19)29)13-4-6-14(7-5-13)24-11-18(28)25-15-3-2-8-23-10-15/h2-8,10,12,17,19,24,27H,9,11H2,1H3,(H,25,28)(H,30,31)/t12-,17-,19-/m1/s1. The van der Waals surface area contributed by atoms with Gasteiger partial charge in [0.1, 0.15) is 5.70 Å². The fourth-order valence-electron chi connectivity index (χ4n) is 4.14. The molecule has 31 heavy (non-hydrogen) atoms. The largest absolute Gasteiger partial charge is 0.477 e. The summed E-state index contributed by atoms with van der Waals surface area (Å²) in [5.41, 5.74) is 2.53. The number of nitrogens with zero attached hydrogens (tertiary/aromatic N) is 2. The van der Waals surface area contributed by atoms with Crippen LogP contribution in [-0.4, -0.2) is 56.6 Å². The van der Waals surface area contributed by atoms with Gasteiger partial charge in [0, 0.05) is 11.9 Å². The number of carbonyl (C=O) groups excluding carboxylic acids is 2. The van der Waals surface area contributed by atoms with Crippen LogP contribution in [0.5, 0.6) is 0 Å². The van der Waals surface area contributed by atoms with Gasteiger partial charge in [-0.25, -0.2) is 4.79 Å². The number of benzene rings is 1. The van der Waals surface area contributed by atoms with Gasteiger partial charge in [0.25, 0.3) is 0 Å². The third kappa shape index (κ3) is 3.87. The molecular weight excluding hydrogens is 400 g/mol. The zero-order valence-corrected chi connectivity index (χ0v) is 16.8. The van der Waals surface area contributed by atoms with Crippen LogP contribution in [-0.2, 0) is 14.4 Å². The van der Waals surface area contributed by atoms with Crippen LogP contribution in [0.1, 0.15) is 18.9 Å². The summed E-state index contributed by atoms with van der Waals surface area (Å²) in [7, 11) is 0. The number of hydrogen-bond acceptors (Lipinski definition) is 6. The summed E-state index contributed by atoms with van der Waals surface area (Å²) in [6.07, 6.45) is 2.72. The summed E-state index contributed by atoms with van der Waals surface area (Å²) in [5, 5.41) is 25.2. The number of carbonyl (C=O) groups is 3. The molecule has 1 aromatic heterocycles. The van der Waals surface area contributed by atoms with Crippen molar-refractivity contribution in [2.45, 2.75) is 25.5 Å². The second kappa shape index (κ2) is 8.19. The third-order valence-corrected chi connectivity index (χ3v) is 5.56. The smallest absolute Gasteiger partial charge is 0.352 e. The van der Waals surface area contributed by atoms with Gasteiger partial charge >= 0.3 is 5.97 Å². The molecule has 1 fully saturated rings. The van der Waals surface area contributed by atoms with Gasteiger partial charge in [-0.15, -0.1) is 0 Å². The lowest BCUT2D eigenvalue weighted by Gasteiger charge is -2.44. The van der Waals surface area contributed by atoms with E-state index in [4.69, 9.17) is 0 Å². The van der Waals surface area contributed by atoms with Crippen molar-refractivity contribution in [3.63, 3.8) is 0 Å². The van der Waals surface area contributed by atoms with E-state index in [-0.39, 0.29) is 30.1 Å². The molecule has 0 aliphatic carbocycles. The highest BCUT2D eigenvalue weighted by atomic mass is 16.4. The van der Waals surface area contributed by atoms with E-state index in [1.165, 1.54) is 4.90 Å². The lowest BCUT2D eigenvalue weighted by atomic mass is 9.82. The summed E-state index contributed by atoms with van der Waals surface area (Å²) < 4.78 is 0. The van der Waals surface area contributed by atoms with E-state index in [0.717, 1.165) is 0 Å². The van der Waals surface area contributed by atoms with Crippen molar-refractivity contribution >= 4 is 34.7 Å². The molecule has 0 saturated carbocycles.